The minimum atomic E-state index is -0.961. The fraction of sp³-hybridized carbons (Fsp3) is 0.333. The van der Waals surface area contributed by atoms with Gasteiger partial charge in [-0.05, 0) is 24.1 Å². The summed E-state index contributed by atoms with van der Waals surface area (Å²) in [6, 6.07) is 7.83. The third-order valence-corrected chi connectivity index (χ3v) is 3.28. The molecule has 0 saturated carbocycles. The van der Waals surface area contributed by atoms with Gasteiger partial charge in [-0.1, -0.05) is 18.2 Å². The molecule has 5 heteroatoms. The van der Waals surface area contributed by atoms with E-state index < -0.39 is 5.97 Å². The number of amides is 1. The van der Waals surface area contributed by atoms with Gasteiger partial charge >= 0.3 is 5.97 Å². The van der Waals surface area contributed by atoms with Gasteiger partial charge in [0.05, 0.1) is 0 Å². The molecule has 1 aromatic rings. The molecule has 1 amide bonds. The Kier molecular flexibility index (Phi) is 4.40. The summed E-state index contributed by atoms with van der Waals surface area (Å²) >= 11 is 0. The lowest BCUT2D eigenvalue weighted by atomic mass is 10.1. The Morgan fingerprint density at radius 2 is 2.15 bits per heavy atom. The number of rotatable bonds is 4. The number of hydrogen-bond donors (Lipinski definition) is 2. The first-order valence-corrected chi connectivity index (χ1v) is 6.58. The first-order chi connectivity index (χ1) is 9.56. The van der Waals surface area contributed by atoms with Gasteiger partial charge in [-0.25, -0.2) is 4.79 Å². The number of nitrogens with zero attached hydrogens (tertiary/aromatic N) is 1. The summed E-state index contributed by atoms with van der Waals surface area (Å²) < 4.78 is 0. The van der Waals surface area contributed by atoms with Gasteiger partial charge in [-0.2, -0.15) is 0 Å². The van der Waals surface area contributed by atoms with Gasteiger partial charge in [0.1, 0.15) is 0 Å². The zero-order valence-corrected chi connectivity index (χ0v) is 11.4. The maximum atomic E-state index is 11.1. The molecule has 1 unspecified atom stereocenters. The monoisotopic (exact) mass is 274 g/mol. The van der Waals surface area contributed by atoms with Crippen molar-refractivity contribution in [2.24, 2.45) is 0 Å². The van der Waals surface area contributed by atoms with Crippen LogP contribution in [0.15, 0.2) is 30.3 Å². The summed E-state index contributed by atoms with van der Waals surface area (Å²) in [5, 5.41) is 11.6. The van der Waals surface area contributed by atoms with E-state index in [1.807, 2.05) is 24.3 Å². The van der Waals surface area contributed by atoms with Crippen molar-refractivity contribution in [2.45, 2.75) is 19.4 Å². The van der Waals surface area contributed by atoms with Gasteiger partial charge in [0, 0.05) is 37.8 Å². The molecule has 0 spiro atoms. The van der Waals surface area contributed by atoms with Gasteiger partial charge in [0.2, 0.25) is 5.91 Å². The van der Waals surface area contributed by atoms with Crippen molar-refractivity contribution < 1.29 is 14.7 Å². The first kappa shape index (κ1) is 14.1. The molecule has 1 atom stereocenters. The van der Waals surface area contributed by atoms with Gasteiger partial charge in [0.15, 0.2) is 0 Å². The molecule has 106 valence electrons. The molecule has 2 rings (SSSR count). The third kappa shape index (κ3) is 3.60. The molecule has 0 radical (unpaired) electrons. The number of aliphatic carboxylic acids is 1. The van der Waals surface area contributed by atoms with Crippen molar-refractivity contribution in [2.75, 3.05) is 18.0 Å². The molecule has 1 aliphatic heterocycles. The summed E-state index contributed by atoms with van der Waals surface area (Å²) in [6.07, 6.45) is 3.64. The Morgan fingerprint density at radius 3 is 2.85 bits per heavy atom. The molecule has 20 heavy (non-hydrogen) atoms. The number of carbonyl (C=O) groups excluding carboxylic acids is 1. The molecule has 1 aliphatic rings. The average molecular weight is 274 g/mol. The van der Waals surface area contributed by atoms with E-state index in [0.717, 1.165) is 36.8 Å². The average Bonchev–Trinajstić information content (AvgIpc) is 2.84. The molecule has 5 nitrogen and oxygen atoms in total. The standard InChI is InChI=1S/C15H18N2O3/c1-11(18)16-13-8-9-17(10-13)14-5-3-2-4-12(14)6-7-15(19)20/h2-7,13H,8-10H2,1H3,(H,16,18)(H,19,20)/b7-6+. The normalized spacial score (nSPS) is 18.4. The Labute approximate surface area is 117 Å². The van der Waals surface area contributed by atoms with Crippen LogP contribution in [0, 0.1) is 0 Å². The zero-order valence-electron chi connectivity index (χ0n) is 11.4. The maximum absolute atomic E-state index is 11.1. The summed E-state index contributed by atoms with van der Waals surface area (Å²) in [4.78, 5) is 23.9. The van der Waals surface area contributed by atoms with Gasteiger partial charge in [-0.15, -0.1) is 0 Å². The zero-order chi connectivity index (χ0) is 14.5. The van der Waals surface area contributed by atoms with Crippen LogP contribution in [-0.4, -0.2) is 36.1 Å². The van der Waals surface area contributed by atoms with Crippen LogP contribution in [0.2, 0.25) is 0 Å². The maximum Gasteiger partial charge on any atom is 0.328 e. The highest BCUT2D eigenvalue weighted by atomic mass is 16.4. The second kappa shape index (κ2) is 6.23. The second-order valence-electron chi connectivity index (χ2n) is 4.86. The van der Waals surface area contributed by atoms with Crippen LogP contribution < -0.4 is 10.2 Å². The van der Waals surface area contributed by atoms with Crippen LogP contribution >= 0.6 is 0 Å². The van der Waals surface area contributed by atoms with E-state index >= 15 is 0 Å². The van der Waals surface area contributed by atoms with Crippen molar-refractivity contribution in [3.8, 4) is 0 Å². The summed E-state index contributed by atoms with van der Waals surface area (Å²) in [6.45, 7) is 3.12. The first-order valence-electron chi connectivity index (χ1n) is 6.58. The van der Waals surface area contributed by atoms with E-state index in [-0.39, 0.29) is 11.9 Å². The predicted octanol–water partition coefficient (Wildman–Crippen LogP) is 1.50. The number of carboxylic acids is 1. The lowest BCUT2D eigenvalue weighted by Gasteiger charge is -2.21. The van der Waals surface area contributed by atoms with E-state index in [2.05, 4.69) is 10.2 Å². The molecule has 0 bridgehead atoms. The number of anilines is 1. The minimum Gasteiger partial charge on any atom is -0.478 e. The predicted molar refractivity (Wildman–Crippen MR) is 77.5 cm³/mol. The third-order valence-electron chi connectivity index (χ3n) is 3.28. The topological polar surface area (TPSA) is 69.6 Å². The number of carboxylic acid groups (broad SMARTS) is 1. The fourth-order valence-electron chi connectivity index (χ4n) is 2.46. The van der Waals surface area contributed by atoms with Crippen molar-refractivity contribution in [3.05, 3.63) is 35.9 Å². The smallest absolute Gasteiger partial charge is 0.328 e. The largest absolute Gasteiger partial charge is 0.478 e. The molecule has 2 N–H and O–H groups in total. The SMILES string of the molecule is CC(=O)NC1CCN(c2ccccc2/C=C/C(=O)O)C1. The molecular formula is C15H18N2O3. The van der Waals surface area contributed by atoms with Gasteiger partial charge in [0.25, 0.3) is 0 Å². The molecule has 0 aliphatic carbocycles. The Morgan fingerprint density at radius 1 is 1.40 bits per heavy atom. The van der Waals surface area contributed by atoms with Crippen molar-refractivity contribution in [1.29, 1.82) is 0 Å². The van der Waals surface area contributed by atoms with E-state index in [4.69, 9.17) is 5.11 Å². The van der Waals surface area contributed by atoms with Gasteiger partial charge < -0.3 is 15.3 Å². The number of benzene rings is 1. The quantitative estimate of drug-likeness (QED) is 0.816. The van der Waals surface area contributed by atoms with Crippen LogP contribution in [0.3, 0.4) is 0 Å². The molecule has 1 heterocycles. The Balaban J connectivity index is 2.13. The van der Waals surface area contributed by atoms with Crippen LogP contribution in [0.25, 0.3) is 6.08 Å². The van der Waals surface area contributed by atoms with Crippen LogP contribution in [0.5, 0.6) is 0 Å². The summed E-state index contributed by atoms with van der Waals surface area (Å²) in [5.41, 5.74) is 1.87. The molecule has 1 saturated heterocycles. The number of carbonyl (C=O) groups is 2. The Bertz CT molecular complexity index is 540. The van der Waals surface area contributed by atoms with Crippen molar-refractivity contribution >= 4 is 23.6 Å². The highest BCUT2D eigenvalue weighted by Gasteiger charge is 2.24. The molecule has 1 fully saturated rings. The van der Waals surface area contributed by atoms with E-state index in [0.29, 0.717) is 0 Å². The van der Waals surface area contributed by atoms with E-state index in [1.54, 1.807) is 6.08 Å². The molecule has 0 aromatic heterocycles. The van der Waals surface area contributed by atoms with E-state index in [1.165, 1.54) is 6.92 Å². The number of nitrogens with one attached hydrogen (secondary N) is 1. The van der Waals surface area contributed by atoms with Crippen LogP contribution in [0.1, 0.15) is 18.9 Å². The van der Waals surface area contributed by atoms with Crippen LogP contribution in [0.4, 0.5) is 5.69 Å². The summed E-state index contributed by atoms with van der Waals surface area (Å²) in [5.74, 6) is -0.978. The van der Waals surface area contributed by atoms with Crippen LogP contribution in [-0.2, 0) is 9.59 Å². The second-order valence-corrected chi connectivity index (χ2v) is 4.86. The van der Waals surface area contributed by atoms with Gasteiger partial charge in [-0.3, -0.25) is 4.79 Å². The fourth-order valence-corrected chi connectivity index (χ4v) is 2.46. The van der Waals surface area contributed by atoms with E-state index in [9.17, 15) is 9.59 Å². The van der Waals surface area contributed by atoms with Crippen molar-refractivity contribution in [1.82, 2.24) is 5.32 Å². The highest BCUT2D eigenvalue weighted by molar-refractivity contribution is 5.87. The lowest BCUT2D eigenvalue weighted by molar-refractivity contribution is -0.131. The number of hydrogen-bond acceptors (Lipinski definition) is 3. The van der Waals surface area contributed by atoms with Crippen molar-refractivity contribution in [3.63, 3.8) is 0 Å². The minimum absolute atomic E-state index is 0.0177. The Hall–Kier alpha value is -2.30. The lowest BCUT2D eigenvalue weighted by Crippen LogP contribution is -2.35. The highest BCUT2D eigenvalue weighted by Crippen LogP contribution is 2.25. The molecular weight excluding hydrogens is 256 g/mol. The number of para-hydroxylation sites is 1. The summed E-state index contributed by atoms with van der Waals surface area (Å²) in [7, 11) is 0. The molecule has 1 aromatic carbocycles.